The summed E-state index contributed by atoms with van der Waals surface area (Å²) in [5, 5.41) is 4.71. The number of anilines is 1. The number of aromatic nitrogens is 1. The summed E-state index contributed by atoms with van der Waals surface area (Å²) in [5.41, 5.74) is 0.887. The minimum absolute atomic E-state index is 0.621. The first-order chi connectivity index (χ1) is 10.7. The van der Waals surface area contributed by atoms with Crippen molar-refractivity contribution in [3.63, 3.8) is 0 Å². The molecule has 0 unspecified atom stereocenters. The van der Waals surface area contributed by atoms with Gasteiger partial charge in [-0.25, -0.2) is 4.98 Å². The van der Waals surface area contributed by atoms with Crippen molar-refractivity contribution < 1.29 is 4.57 Å². The van der Waals surface area contributed by atoms with E-state index in [1.807, 2.05) is 85.8 Å². The Hall–Kier alpha value is -2.38. The minimum atomic E-state index is -2.98. The van der Waals surface area contributed by atoms with E-state index in [-0.39, 0.29) is 0 Å². The quantitative estimate of drug-likeness (QED) is 0.747. The molecule has 0 aliphatic heterocycles. The number of hydrogen-bond acceptors (Lipinski definition) is 2. The predicted molar refractivity (Wildman–Crippen MR) is 92.4 cm³/mol. The van der Waals surface area contributed by atoms with Crippen molar-refractivity contribution in [3.8, 4) is 0 Å². The summed E-state index contributed by atoms with van der Waals surface area (Å²) in [5.74, 6) is 0.621. The molecule has 0 spiro atoms. The van der Waals surface area contributed by atoms with Crippen LogP contribution in [0.4, 0.5) is 5.82 Å². The zero-order chi connectivity index (χ0) is 15.4. The van der Waals surface area contributed by atoms with Gasteiger partial charge < -0.3 is 5.09 Å². The van der Waals surface area contributed by atoms with E-state index < -0.39 is 7.29 Å². The molecule has 0 aliphatic carbocycles. The monoisotopic (exact) mass is 308 g/mol. The lowest BCUT2D eigenvalue weighted by Gasteiger charge is -2.21. The van der Waals surface area contributed by atoms with Gasteiger partial charge in [0.2, 0.25) is 7.29 Å². The Labute approximate surface area is 130 Å². The summed E-state index contributed by atoms with van der Waals surface area (Å²) in [6.45, 7) is 1.92. The van der Waals surface area contributed by atoms with Gasteiger partial charge >= 0.3 is 0 Å². The Balaban J connectivity index is 2.10. The highest BCUT2D eigenvalue weighted by Gasteiger charge is 2.27. The highest BCUT2D eigenvalue weighted by molar-refractivity contribution is 7.80. The minimum Gasteiger partial charge on any atom is -0.314 e. The van der Waals surface area contributed by atoms with Crippen LogP contribution in [0.1, 0.15) is 5.69 Å². The lowest BCUT2D eigenvalue weighted by Crippen LogP contribution is -2.22. The van der Waals surface area contributed by atoms with Crippen molar-refractivity contribution in [3.05, 3.63) is 84.6 Å². The van der Waals surface area contributed by atoms with Crippen LogP contribution in [-0.2, 0) is 4.57 Å². The van der Waals surface area contributed by atoms with Crippen molar-refractivity contribution in [2.75, 3.05) is 5.09 Å². The van der Waals surface area contributed by atoms with Crippen LogP contribution in [0, 0.1) is 6.92 Å². The van der Waals surface area contributed by atoms with Crippen LogP contribution in [0.5, 0.6) is 0 Å². The lowest BCUT2D eigenvalue weighted by molar-refractivity contribution is 0.590. The molecule has 1 aromatic heterocycles. The topological polar surface area (TPSA) is 42.0 Å². The van der Waals surface area contributed by atoms with Gasteiger partial charge in [0.15, 0.2) is 0 Å². The molecule has 22 heavy (non-hydrogen) atoms. The van der Waals surface area contributed by atoms with E-state index in [4.69, 9.17) is 0 Å². The van der Waals surface area contributed by atoms with E-state index in [2.05, 4.69) is 10.1 Å². The van der Waals surface area contributed by atoms with Gasteiger partial charge in [-0.05, 0) is 43.3 Å². The van der Waals surface area contributed by atoms with Crippen LogP contribution in [-0.4, -0.2) is 4.98 Å². The Morgan fingerprint density at radius 1 is 0.773 bits per heavy atom. The summed E-state index contributed by atoms with van der Waals surface area (Å²) >= 11 is 0. The predicted octanol–water partition coefficient (Wildman–Crippen LogP) is 3.73. The molecule has 0 radical (unpaired) electrons. The van der Waals surface area contributed by atoms with Crippen molar-refractivity contribution in [1.29, 1.82) is 0 Å². The van der Waals surface area contributed by atoms with E-state index in [9.17, 15) is 4.57 Å². The second-order valence-corrected chi connectivity index (χ2v) is 7.53. The Kier molecular flexibility index (Phi) is 4.08. The zero-order valence-electron chi connectivity index (χ0n) is 12.3. The summed E-state index contributed by atoms with van der Waals surface area (Å²) < 4.78 is 13.7. The third-order valence-electron chi connectivity index (χ3n) is 3.40. The third-order valence-corrected chi connectivity index (χ3v) is 5.99. The summed E-state index contributed by atoms with van der Waals surface area (Å²) in [7, 11) is -2.98. The first-order valence-electron chi connectivity index (χ1n) is 7.12. The molecule has 3 nitrogen and oxygen atoms in total. The number of hydrogen-bond donors (Lipinski definition) is 1. The van der Waals surface area contributed by atoms with E-state index in [0.29, 0.717) is 5.82 Å². The molecule has 3 aromatic rings. The van der Waals surface area contributed by atoms with Crippen molar-refractivity contribution in [2.45, 2.75) is 6.92 Å². The number of pyridine rings is 1. The number of aryl methyl sites for hydroxylation is 1. The van der Waals surface area contributed by atoms with E-state index in [1.165, 1.54) is 0 Å². The molecular formula is C18H17N2OP. The molecule has 0 atom stereocenters. The smallest absolute Gasteiger partial charge is 0.228 e. The fourth-order valence-corrected chi connectivity index (χ4v) is 4.51. The molecule has 0 amide bonds. The molecule has 0 fully saturated rings. The van der Waals surface area contributed by atoms with Crippen LogP contribution in [0.25, 0.3) is 0 Å². The first-order valence-corrected chi connectivity index (χ1v) is 8.82. The molecule has 3 rings (SSSR count). The number of nitrogens with one attached hydrogen (secondary N) is 1. The maximum atomic E-state index is 13.7. The van der Waals surface area contributed by atoms with Gasteiger partial charge in [0, 0.05) is 16.3 Å². The van der Waals surface area contributed by atoms with Gasteiger partial charge in [0.1, 0.15) is 5.82 Å². The fraction of sp³-hybridized carbons (Fsp3) is 0.0556. The highest BCUT2D eigenvalue weighted by Crippen LogP contribution is 2.42. The average Bonchev–Trinajstić information content (AvgIpc) is 2.56. The molecule has 110 valence electrons. The second kappa shape index (κ2) is 6.17. The summed E-state index contributed by atoms with van der Waals surface area (Å²) in [6.07, 6.45) is 0. The zero-order valence-corrected chi connectivity index (χ0v) is 13.2. The largest absolute Gasteiger partial charge is 0.314 e. The van der Waals surface area contributed by atoms with Crippen LogP contribution >= 0.6 is 7.29 Å². The van der Waals surface area contributed by atoms with Crippen LogP contribution < -0.4 is 15.7 Å². The van der Waals surface area contributed by atoms with Crippen LogP contribution in [0.3, 0.4) is 0 Å². The van der Waals surface area contributed by atoms with Gasteiger partial charge in [-0.2, -0.15) is 0 Å². The van der Waals surface area contributed by atoms with E-state index >= 15 is 0 Å². The molecule has 2 aromatic carbocycles. The number of rotatable bonds is 4. The fourth-order valence-electron chi connectivity index (χ4n) is 2.32. The molecule has 0 bridgehead atoms. The molecule has 0 saturated carbocycles. The lowest BCUT2D eigenvalue weighted by atomic mass is 10.4. The summed E-state index contributed by atoms with van der Waals surface area (Å²) in [6, 6.07) is 24.6. The number of benzene rings is 2. The molecule has 0 saturated heterocycles. The van der Waals surface area contributed by atoms with Gasteiger partial charge in [0.25, 0.3) is 0 Å². The van der Waals surface area contributed by atoms with Crippen LogP contribution in [0.2, 0.25) is 0 Å². The summed E-state index contributed by atoms with van der Waals surface area (Å²) in [4.78, 5) is 4.43. The molecule has 1 N–H and O–H groups in total. The van der Waals surface area contributed by atoms with Gasteiger partial charge in [-0.15, -0.1) is 0 Å². The maximum absolute atomic E-state index is 13.7. The molecular weight excluding hydrogens is 291 g/mol. The normalized spacial score (nSPS) is 11.1. The van der Waals surface area contributed by atoms with E-state index in [0.717, 1.165) is 16.3 Å². The van der Waals surface area contributed by atoms with Crippen molar-refractivity contribution in [2.24, 2.45) is 0 Å². The van der Waals surface area contributed by atoms with Crippen molar-refractivity contribution >= 4 is 23.7 Å². The van der Waals surface area contributed by atoms with Crippen LogP contribution in [0.15, 0.2) is 78.9 Å². The van der Waals surface area contributed by atoms with Gasteiger partial charge in [-0.1, -0.05) is 42.5 Å². The van der Waals surface area contributed by atoms with Crippen molar-refractivity contribution in [1.82, 2.24) is 4.98 Å². The van der Waals surface area contributed by atoms with Gasteiger partial charge in [0.05, 0.1) is 0 Å². The third kappa shape index (κ3) is 2.95. The number of nitrogens with zero attached hydrogens (tertiary/aromatic N) is 1. The molecule has 4 heteroatoms. The first kappa shape index (κ1) is 14.6. The maximum Gasteiger partial charge on any atom is 0.228 e. The molecule has 0 aliphatic rings. The van der Waals surface area contributed by atoms with Gasteiger partial charge in [-0.3, -0.25) is 4.57 Å². The average molecular weight is 308 g/mol. The Bertz CT molecular complexity index is 760. The molecule has 1 heterocycles. The Morgan fingerprint density at radius 3 is 1.82 bits per heavy atom. The van der Waals surface area contributed by atoms with E-state index in [1.54, 1.807) is 0 Å². The highest BCUT2D eigenvalue weighted by atomic mass is 31.2. The SMILES string of the molecule is Cc1cccc(NP(=O)(c2ccccc2)c2ccccc2)n1. The standard InChI is InChI=1S/C18H17N2OP/c1-15-9-8-14-18(19-15)20-22(21,16-10-4-2-5-11-16)17-12-6-3-7-13-17/h2-14H,1H3,(H,19,20,21). The second-order valence-electron chi connectivity index (χ2n) is 5.06. The Morgan fingerprint density at radius 2 is 1.32 bits per heavy atom.